The van der Waals surface area contributed by atoms with Crippen LogP contribution >= 0.6 is 0 Å². The predicted octanol–water partition coefficient (Wildman–Crippen LogP) is 3.31. The summed E-state index contributed by atoms with van der Waals surface area (Å²) in [6, 6.07) is 7.42. The minimum Gasteiger partial charge on any atom is -0.342 e. The van der Waals surface area contributed by atoms with Crippen molar-refractivity contribution in [3.8, 4) is 0 Å². The van der Waals surface area contributed by atoms with Crippen LogP contribution in [0.4, 0.5) is 5.69 Å². The highest BCUT2D eigenvalue weighted by molar-refractivity contribution is 5.92. The van der Waals surface area contributed by atoms with Gasteiger partial charge in [0.1, 0.15) is 0 Å². The Hall–Kier alpha value is -2.10. The van der Waals surface area contributed by atoms with E-state index in [0.29, 0.717) is 5.92 Å². The molecule has 0 heterocycles. The zero-order valence-electron chi connectivity index (χ0n) is 13.3. The van der Waals surface area contributed by atoms with Gasteiger partial charge in [-0.25, -0.2) is 0 Å². The molecule has 1 aliphatic rings. The molecule has 1 aromatic rings. The molecule has 0 aliphatic heterocycles. The summed E-state index contributed by atoms with van der Waals surface area (Å²) < 4.78 is 0. The first-order chi connectivity index (χ1) is 10.5. The number of benzene rings is 1. The summed E-state index contributed by atoms with van der Waals surface area (Å²) in [7, 11) is 1.87. The normalized spacial score (nSPS) is 15.2. The molecule has 1 aromatic carbocycles. The number of carbonyl (C=O) groups is 2. The molecule has 118 valence electrons. The van der Waals surface area contributed by atoms with Crippen LogP contribution in [0.2, 0.25) is 0 Å². The molecule has 0 radical (unpaired) electrons. The van der Waals surface area contributed by atoms with E-state index in [0.717, 1.165) is 17.8 Å². The third-order valence-electron chi connectivity index (χ3n) is 4.03. The average Bonchev–Trinajstić information content (AvgIpc) is 2.98. The Morgan fingerprint density at radius 2 is 1.86 bits per heavy atom. The van der Waals surface area contributed by atoms with Gasteiger partial charge in [-0.15, -0.1) is 0 Å². The van der Waals surface area contributed by atoms with Gasteiger partial charge in [-0.1, -0.05) is 25.0 Å². The van der Waals surface area contributed by atoms with E-state index in [1.165, 1.54) is 32.6 Å². The van der Waals surface area contributed by atoms with Crippen molar-refractivity contribution in [2.24, 2.45) is 5.92 Å². The largest absolute Gasteiger partial charge is 0.342 e. The molecule has 0 bridgehead atoms. The Labute approximate surface area is 132 Å². The summed E-state index contributed by atoms with van der Waals surface area (Å²) in [5.74, 6) is 0.615. The second-order valence-corrected chi connectivity index (χ2v) is 6.01. The maximum atomic E-state index is 12.1. The highest BCUT2D eigenvalue weighted by Crippen LogP contribution is 2.25. The van der Waals surface area contributed by atoms with Gasteiger partial charge in [0.2, 0.25) is 11.8 Å². The number of hydrogen-bond donors (Lipinski definition) is 1. The lowest BCUT2D eigenvalue weighted by Crippen LogP contribution is -2.29. The van der Waals surface area contributed by atoms with Crippen molar-refractivity contribution in [1.82, 2.24) is 4.90 Å². The summed E-state index contributed by atoms with van der Waals surface area (Å²) >= 11 is 0. The molecule has 0 atom stereocenters. The standard InChI is InChI=1S/C18H24N2O2/c1-14(21)19-17-10-7-15(8-11-17)9-12-18(22)20(2)13-16-5-3-4-6-16/h7-12,16H,3-6,13H2,1-2H3,(H,19,21)/b12-9-. The molecule has 0 unspecified atom stereocenters. The fourth-order valence-electron chi connectivity index (χ4n) is 2.85. The molecule has 2 amide bonds. The predicted molar refractivity (Wildman–Crippen MR) is 89.4 cm³/mol. The number of amides is 2. The SMILES string of the molecule is CC(=O)Nc1ccc(/C=C\C(=O)N(C)CC2CCCC2)cc1. The molecule has 1 N–H and O–H groups in total. The molecule has 4 heteroatoms. The summed E-state index contributed by atoms with van der Waals surface area (Å²) in [6.45, 7) is 2.33. The quantitative estimate of drug-likeness (QED) is 0.848. The minimum absolute atomic E-state index is 0.0397. The average molecular weight is 300 g/mol. The van der Waals surface area contributed by atoms with Crippen molar-refractivity contribution in [2.45, 2.75) is 32.6 Å². The van der Waals surface area contributed by atoms with Gasteiger partial charge in [-0.3, -0.25) is 9.59 Å². The summed E-state index contributed by atoms with van der Waals surface area (Å²) in [5.41, 5.74) is 1.70. The Balaban J connectivity index is 1.86. The number of anilines is 1. The van der Waals surface area contributed by atoms with Gasteiger partial charge in [0, 0.05) is 32.3 Å². The van der Waals surface area contributed by atoms with Gasteiger partial charge < -0.3 is 10.2 Å². The Kier molecular flexibility index (Phi) is 5.75. The second kappa shape index (κ2) is 7.78. The van der Waals surface area contributed by atoms with E-state index in [9.17, 15) is 9.59 Å². The van der Waals surface area contributed by atoms with E-state index in [2.05, 4.69) is 5.32 Å². The Morgan fingerprint density at radius 3 is 2.45 bits per heavy atom. The number of hydrogen-bond acceptors (Lipinski definition) is 2. The van der Waals surface area contributed by atoms with Crippen LogP contribution in [0, 0.1) is 5.92 Å². The minimum atomic E-state index is -0.0907. The van der Waals surface area contributed by atoms with E-state index in [1.54, 1.807) is 11.0 Å². The van der Waals surface area contributed by atoms with Crippen molar-refractivity contribution < 1.29 is 9.59 Å². The lowest BCUT2D eigenvalue weighted by molar-refractivity contribution is -0.125. The topological polar surface area (TPSA) is 49.4 Å². The molecule has 0 aromatic heterocycles. The molecular formula is C18H24N2O2. The van der Waals surface area contributed by atoms with Crippen molar-refractivity contribution >= 4 is 23.6 Å². The summed E-state index contributed by atoms with van der Waals surface area (Å²) in [5, 5.41) is 2.72. The molecule has 1 aliphatic carbocycles. The van der Waals surface area contributed by atoms with Gasteiger partial charge in [0.05, 0.1) is 0 Å². The van der Waals surface area contributed by atoms with Crippen LogP contribution in [-0.4, -0.2) is 30.3 Å². The van der Waals surface area contributed by atoms with E-state index in [4.69, 9.17) is 0 Å². The highest BCUT2D eigenvalue weighted by atomic mass is 16.2. The monoisotopic (exact) mass is 300 g/mol. The van der Waals surface area contributed by atoms with E-state index < -0.39 is 0 Å². The zero-order chi connectivity index (χ0) is 15.9. The van der Waals surface area contributed by atoms with Crippen LogP contribution < -0.4 is 5.32 Å². The Morgan fingerprint density at radius 1 is 1.23 bits per heavy atom. The number of carbonyl (C=O) groups excluding carboxylic acids is 2. The lowest BCUT2D eigenvalue weighted by atomic mass is 10.1. The molecule has 4 nitrogen and oxygen atoms in total. The van der Waals surface area contributed by atoms with Crippen LogP contribution in [0.3, 0.4) is 0 Å². The number of nitrogens with zero attached hydrogens (tertiary/aromatic N) is 1. The van der Waals surface area contributed by atoms with Crippen LogP contribution in [-0.2, 0) is 9.59 Å². The Bertz CT molecular complexity index is 543. The van der Waals surface area contributed by atoms with Crippen molar-refractivity contribution in [3.63, 3.8) is 0 Å². The smallest absolute Gasteiger partial charge is 0.246 e. The molecule has 1 saturated carbocycles. The van der Waals surface area contributed by atoms with Crippen LogP contribution in [0.5, 0.6) is 0 Å². The maximum Gasteiger partial charge on any atom is 0.246 e. The van der Waals surface area contributed by atoms with Crippen LogP contribution in [0.25, 0.3) is 6.08 Å². The maximum absolute atomic E-state index is 12.1. The van der Waals surface area contributed by atoms with Gasteiger partial charge in [-0.05, 0) is 42.5 Å². The molecule has 0 saturated heterocycles. The van der Waals surface area contributed by atoms with Gasteiger partial charge in [-0.2, -0.15) is 0 Å². The molecule has 1 fully saturated rings. The van der Waals surface area contributed by atoms with Crippen LogP contribution in [0.15, 0.2) is 30.3 Å². The fraction of sp³-hybridized carbons (Fsp3) is 0.444. The van der Waals surface area contributed by atoms with Gasteiger partial charge in [0.25, 0.3) is 0 Å². The van der Waals surface area contributed by atoms with Gasteiger partial charge in [0.15, 0.2) is 0 Å². The highest BCUT2D eigenvalue weighted by Gasteiger charge is 2.18. The number of nitrogens with one attached hydrogen (secondary N) is 1. The molecule has 2 rings (SSSR count). The second-order valence-electron chi connectivity index (χ2n) is 6.01. The number of rotatable bonds is 5. The first-order valence-corrected chi connectivity index (χ1v) is 7.85. The first-order valence-electron chi connectivity index (χ1n) is 7.85. The molecule has 0 spiro atoms. The van der Waals surface area contributed by atoms with Crippen molar-refractivity contribution in [3.05, 3.63) is 35.9 Å². The first kappa shape index (κ1) is 16.3. The summed E-state index contributed by atoms with van der Waals surface area (Å²) in [4.78, 5) is 24.9. The van der Waals surface area contributed by atoms with E-state index in [1.807, 2.05) is 37.4 Å². The zero-order valence-corrected chi connectivity index (χ0v) is 13.3. The third kappa shape index (κ3) is 5.02. The number of likely N-dealkylation sites (N-methyl/N-ethyl adjacent to an activating group) is 1. The lowest BCUT2D eigenvalue weighted by Gasteiger charge is -2.19. The van der Waals surface area contributed by atoms with Gasteiger partial charge >= 0.3 is 0 Å². The van der Waals surface area contributed by atoms with Crippen molar-refractivity contribution in [1.29, 1.82) is 0 Å². The third-order valence-corrected chi connectivity index (χ3v) is 4.03. The van der Waals surface area contributed by atoms with Crippen LogP contribution in [0.1, 0.15) is 38.2 Å². The summed E-state index contributed by atoms with van der Waals surface area (Å²) in [6.07, 6.45) is 8.50. The fourth-order valence-corrected chi connectivity index (χ4v) is 2.85. The molecule has 22 heavy (non-hydrogen) atoms. The van der Waals surface area contributed by atoms with E-state index in [-0.39, 0.29) is 11.8 Å². The van der Waals surface area contributed by atoms with E-state index >= 15 is 0 Å². The van der Waals surface area contributed by atoms with Crippen molar-refractivity contribution in [2.75, 3.05) is 18.9 Å². The molecular weight excluding hydrogens is 276 g/mol.